The van der Waals surface area contributed by atoms with E-state index in [-0.39, 0.29) is 18.4 Å². The van der Waals surface area contributed by atoms with Crippen LogP contribution in [0.3, 0.4) is 0 Å². The Balaban J connectivity index is 1.68. The Labute approximate surface area is 126 Å². The molecule has 0 aliphatic rings. The number of nitrogen functional groups attached to an aromatic ring is 1. The number of nitrogens with one attached hydrogen (secondary N) is 2. The number of thiazole rings is 1. The lowest BCUT2D eigenvalue weighted by Crippen LogP contribution is -2.37. The fourth-order valence-electron chi connectivity index (χ4n) is 1.64. The van der Waals surface area contributed by atoms with Crippen LogP contribution in [0.2, 0.25) is 0 Å². The minimum Gasteiger partial charge on any atom is -0.399 e. The molecule has 7 heteroatoms. The molecule has 0 atom stereocenters. The topological polar surface area (TPSA) is 97.1 Å². The van der Waals surface area contributed by atoms with E-state index in [1.54, 1.807) is 41.8 Å². The lowest BCUT2D eigenvalue weighted by molar-refractivity contribution is -0.120. The van der Waals surface area contributed by atoms with Crippen LogP contribution >= 0.6 is 11.3 Å². The van der Waals surface area contributed by atoms with E-state index in [1.807, 2.05) is 5.38 Å². The molecule has 2 aromatic rings. The molecule has 0 saturated heterocycles. The van der Waals surface area contributed by atoms with Crippen LogP contribution < -0.4 is 16.4 Å². The van der Waals surface area contributed by atoms with Crippen molar-refractivity contribution in [3.8, 4) is 0 Å². The average molecular weight is 304 g/mol. The molecule has 0 saturated carbocycles. The first-order chi connectivity index (χ1) is 10.1. The zero-order valence-electron chi connectivity index (χ0n) is 11.3. The van der Waals surface area contributed by atoms with Crippen molar-refractivity contribution >= 4 is 28.8 Å². The minimum absolute atomic E-state index is 0.0545. The van der Waals surface area contributed by atoms with Crippen molar-refractivity contribution < 1.29 is 9.59 Å². The van der Waals surface area contributed by atoms with Crippen LogP contribution in [0.4, 0.5) is 5.69 Å². The highest BCUT2D eigenvalue weighted by atomic mass is 32.1. The first kappa shape index (κ1) is 15.0. The number of hydrogen-bond acceptors (Lipinski definition) is 5. The zero-order chi connectivity index (χ0) is 15.1. The molecule has 1 aromatic heterocycles. The van der Waals surface area contributed by atoms with Crippen LogP contribution in [0.25, 0.3) is 0 Å². The molecule has 0 bridgehead atoms. The molecule has 2 rings (SSSR count). The molecule has 0 fully saturated rings. The second-order valence-corrected chi connectivity index (χ2v) is 5.31. The number of nitrogens with zero attached hydrogens (tertiary/aromatic N) is 1. The maximum Gasteiger partial charge on any atom is 0.251 e. The molecule has 2 amide bonds. The minimum atomic E-state index is -0.301. The van der Waals surface area contributed by atoms with E-state index >= 15 is 0 Å². The molecule has 1 aromatic carbocycles. The number of carbonyl (C=O) groups excluding carboxylic acids is 2. The Bertz CT molecular complexity index is 596. The highest BCUT2D eigenvalue weighted by Crippen LogP contribution is 2.05. The van der Waals surface area contributed by atoms with Gasteiger partial charge in [-0.25, -0.2) is 4.98 Å². The number of aromatic nitrogens is 1. The summed E-state index contributed by atoms with van der Waals surface area (Å²) in [6, 6.07) is 6.52. The van der Waals surface area contributed by atoms with Gasteiger partial charge in [0.2, 0.25) is 5.91 Å². The monoisotopic (exact) mass is 304 g/mol. The first-order valence-electron chi connectivity index (χ1n) is 6.44. The summed E-state index contributed by atoms with van der Waals surface area (Å²) in [6.45, 7) is 0.450. The highest BCUT2D eigenvalue weighted by molar-refractivity contribution is 7.09. The van der Waals surface area contributed by atoms with Gasteiger partial charge in [0.15, 0.2) is 0 Å². The van der Waals surface area contributed by atoms with E-state index < -0.39 is 0 Å². The third kappa shape index (κ3) is 4.88. The number of carbonyl (C=O) groups is 2. The number of nitrogens with two attached hydrogens (primary N) is 1. The molecule has 110 valence electrons. The second-order valence-electron chi connectivity index (χ2n) is 4.33. The van der Waals surface area contributed by atoms with E-state index in [9.17, 15) is 9.59 Å². The molecule has 21 heavy (non-hydrogen) atoms. The third-order valence-electron chi connectivity index (χ3n) is 2.73. The number of rotatable bonds is 6. The average Bonchev–Trinajstić information content (AvgIpc) is 2.99. The van der Waals surface area contributed by atoms with Crippen molar-refractivity contribution in [1.29, 1.82) is 0 Å². The standard InChI is InChI=1S/C14H16N4O2S/c15-11-3-1-10(2-4-11)14(20)18-9-12(19)16-6-5-13-17-7-8-21-13/h1-4,7-8H,5-6,9,15H2,(H,16,19)(H,18,20). The van der Waals surface area contributed by atoms with Gasteiger partial charge < -0.3 is 16.4 Å². The van der Waals surface area contributed by atoms with Crippen LogP contribution in [-0.4, -0.2) is 29.9 Å². The van der Waals surface area contributed by atoms with Crippen molar-refractivity contribution in [2.45, 2.75) is 6.42 Å². The number of benzene rings is 1. The van der Waals surface area contributed by atoms with E-state index in [1.165, 1.54) is 0 Å². The summed E-state index contributed by atoms with van der Waals surface area (Å²) in [6.07, 6.45) is 2.42. The lowest BCUT2D eigenvalue weighted by Gasteiger charge is -2.06. The first-order valence-corrected chi connectivity index (χ1v) is 7.32. The summed E-state index contributed by atoms with van der Waals surface area (Å²) >= 11 is 1.55. The molecule has 0 aliphatic carbocycles. The Morgan fingerprint density at radius 3 is 2.62 bits per heavy atom. The Morgan fingerprint density at radius 2 is 1.95 bits per heavy atom. The molecular formula is C14H16N4O2S. The molecule has 4 N–H and O–H groups in total. The van der Waals surface area contributed by atoms with Gasteiger partial charge in [0, 0.05) is 35.8 Å². The number of amides is 2. The van der Waals surface area contributed by atoms with Gasteiger partial charge in [0.05, 0.1) is 11.6 Å². The molecule has 0 radical (unpaired) electrons. The molecule has 1 heterocycles. The van der Waals surface area contributed by atoms with Gasteiger partial charge in [-0.15, -0.1) is 11.3 Å². The van der Waals surface area contributed by atoms with Crippen LogP contribution in [0.5, 0.6) is 0 Å². The van der Waals surface area contributed by atoms with Crippen LogP contribution in [-0.2, 0) is 11.2 Å². The van der Waals surface area contributed by atoms with E-state index in [4.69, 9.17) is 5.73 Å². The van der Waals surface area contributed by atoms with Crippen molar-refractivity contribution in [2.24, 2.45) is 0 Å². The van der Waals surface area contributed by atoms with Crippen LogP contribution in [0, 0.1) is 0 Å². The van der Waals surface area contributed by atoms with Crippen molar-refractivity contribution in [3.63, 3.8) is 0 Å². The normalized spacial score (nSPS) is 10.1. The Morgan fingerprint density at radius 1 is 1.19 bits per heavy atom. The molecule has 0 unspecified atom stereocenters. The van der Waals surface area contributed by atoms with E-state index in [0.29, 0.717) is 24.2 Å². The predicted molar refractivity (Wildman–Crippen MR) is 82.0 cm³/mol. The van der Waals surface area contributed by atoms with Gasteiger partial charge >= 0.3 is 0 Å². The van der Waals surface area contributed by atoms with Crippen molar-refractivity contribution in [2.75, 3.05) is 18.8 Å². The predicted octanol–water partition coefficient (Wildman–Crippen LogP) is 0.814. The Kier molecular flexibility index (Phi) is 5.28. The molecule has 0 spiro atoms. The quantitative estimate of drug-likeness (QED) is 0.688. The summed E-state index contributed by atoms with van der Waals surface area (Å²) in [5, 5.41) is 8.15. The summed E-state index contributed by atoms with van der Waals surface area (Å²) in [4.78, 5) is 27.5. The van der Waals surface area contributed by atoms with Gasteiger partial charge in [-0.3, -0.25) is 9.59 Å². The van der Waals surface area contributed by atoms with Crippen molar-refractivity contribution in [1.82, 2.24) is 15.6 Å². The molecule has 0 aliphatic heterocycles. The number of hydrogen-bond donors (Lipinski definition) is 3. The van der Waals surface area contributed by atoms with Gasteiger partial charge in [0.25, 0.3) is 5.91 Å². The third-order valence-corrected chi connectivity index (χ3v) is 3.57. The zero-order valence-corrected chi connectivity index (χ0v) is 12.2. The van der Waals surface area contributed by atoms with Crippen molar-refractivity contribution in [3.05, 3.63) is 46.4 Å². The summed E-state index contributed by atoms with van der Waals surface area (Å²) in [7, 11) is 0. The fourth-order valence-corrected chi connectivity index (χ4v) is 2.27. The van der Waals surface area contributed by atoms with Gasteiger partial charge in [-0.2, -0.15) is 0 Å². The number of anilines is 1. The molecular weight excluding hydrogens is 288 g/mol. The second kappa shape index (κ2) is 7.39. The van der Waals surface area contributed by atoms with Crippen LogP contribution in [0.15, 0.2) is 35.8 Å². The van der Waals surface area contributed by atoms with E-state index in [2.05, 4.69) is 15.6 Å². The van der Waals surface area contributed by atoms with Gasteiger partial charge in [-0.05, 0) is 24.3 Å². The van der Waals surface area contributed by atoms with Crippen LogP contribution in [0.1, 0.15) is 15.4 Å². The summed E-state index contributed by atoms with van der Waals surface area (Å²) in [5.74, 6) is -0.527. The molecule has 6 nitrogen and oxygen atoms in total. The van der Waals surface area contributed by atoms with E-state index in [0.717, 1.165) is 5.01 Å². The summed E-state index contributed by atoms with van der Waals surface area (Å²) < 4.78 is 0. The fraction of sp³-hybridized carbons (Fsp3) is 0.214. The Hall–Kier alpha value is -2.41. The lowest BCUT2D eigenvalue weighted by atomic mass is 10.2. The largest absolute Gasteiger partial charge is 0.399 e. The maximum absolute atomic E-state index is 11.8. The maximum atomic E-state index is 11.8. The highest BCUT2D eigenvalue weighted by Gasteiger charge is 2.07. The SMILES string of the molecule is Nc1ccc(C(=O)NCC(=O)NCCc2nccs2)cc1. The smallest absolute Gasteiger partial charge is 0.251 e. The van der Waals surface area contributed by atoms with Gasteiger partial charge in [-0.1, -0.05) is 0 Å². The van der Waals surface area contributed by atoms with Gasteiger partial charge in [0.1, 0.15) is 0 Å². The summed E-state index contributed by atoms with van der Waals surface area (Å²) in [5.41, 5.74) is 6.61.